The minimum atomic E-state index is -0.115. The van der Waals surface area contributed by atoms with Crippen LogP contribution in [-0.2, 0) is 17.9 Å². The molecule has 0 saturated carbocycles. The van der Waals surface area contributed by atoms with E-state index in [0.29, 0.717) is 24.0 Å². The highest BCUT2D eigenvalue weighted by Crippen LogP contribution is 2.18. The Morgan fingerprint density at radius 2 is 2.00 bits per heavy atom. The maximum absolute atomic E-state index is 12.6. The van der Waals surface area contributed by atoms with Gasteiger partial charge in [-0.2, -0.15) is 0 Å². The van der Waals surface area contributed by atoms with Crippen LogP contribution in [0.1, 0.15) is 30.4 Å². The Morgan fingerprint density at radius 1 is 1.17 bits per heavy atom. The molecule has 1 aliphatic heterocycles. The predicted octanol–water partition coefficient (Wildman–Crippen LogP) is 2.41. The molecule has 0 aliphatic carbocycles. The summed E-state index contributed by atoms with van der Waals surface area (Å²) in [4.78, 5) is 36.0. The Balaban J connectivity index is 1.35. The number of nitrogens with zero attached hydrogens (tertiary/aromatic N) is 4. The van der Waals surface area contributed by atoms with Gasteiger partial charge in [-0.3, -0.25) is 14.2 Å². The summed E-state index contributed by atoms with van der Waals surface area (Å²) >= 11 is 0. The molecule has 0 atom stereocenters. The zero-order valence-electron chi connectivity index (χ0n) is 16.6. The van der Waals surface area contributed by atoms with Crippen molar-refractivity contribution >= 4 is 22.6 Å². The average molecular weight is 391 g/mol. The largest absolute Gasteiger partial charge is 0.357 e. The Hall–Kier alpha value is -3.22. The third kappa shape index (κ3) is 4.29. The van der Waals surface area contributed by atoms with Crippen molar-refractivity contribution in [2.75, 3.05) is 18.0 Å². The van der Waals surface area contributed by atoms with Gasteiger partial charge in [0.1, 0.15) is 5.82 Å². The van der Waals surface area contributed by atoms with Crippen LogP contribution in [0.25, 0.3) is 10.9 Å². The number of carbonyl (C=O) groups is 1. The fraction of sp³-hybridized carbons (Fsp3) is 0.364. The van der Waals surface area contributed by atoms with Crippen LogP contribution in [0.4, 0.5) is 5.82 Å². The van der Waals surface area contributed by atoms with Crippen LogP contribution in [-0.4, -0.2) is 33.5 Å². The van der Waals surface area contributed by atoms with Gasteiger partial charge in [-0.05, 0) is 49.1 Å². The molecule has 1 fully saturated rings. The van der Waals surface area contributed by atoms with Gasteiger partial charge >= 0.3 is 0 Å². The smallest absolute Gasteiger partial charge is 0.261 e. The molecule has 1 N–H and O–H groups in total. The summed E-state index contributed by atoms with van der Waals surface area (Å²) in [6, 6.07) is 9.50. The topological polar surface area (TPSA) is 80.1 Å². The number of hydrogen-bond acceptors (Lipinski definition) is 5. The third-order valence-electron chi connectivity index (χ3n) is 5.36. The van der Waals surface area contributed by atoms with E-state index in [0.717, 1.165) is 30.0 Å². The molecule has 3 aromatic rings. The van der Waals surface area contributed by atoms with E-state index >= 15 is 0 Å². The molecule has 3 heterocycles. The number of para-hydroxylation sites is 1. The SMILES string of the molecule is Cc1cccc2c(=O)n(CCC(=O)NCc3ccnc(N4CCCC4)c3)cnc12. The summed E-state index contributed by atoms with van der Waals surface area (Å²) in [5.74, 6) is 0.874. The van der Waals surface area contributed by atoms with Crippen molar-refractivity contribution in [2.45, 2.75) is 39.3 Å². The number of pyridine rings is 1. The minimum absolute atomic E-state index is 0.0965. The van der Waals surface area contributed by atoms with E-state index in [1.165, 1.54) is 23.7 Å². The molecule has 4 rings (SSSR count). The van der Waals surface area contributed by atoms with Gasteiger partial charge in [0.25, 0.3) is 5.56 Å². The normalized spacial score (nSPS) is 13.8. The molecule has 0 radical (unpaired) electrons. The first kappa shape index (κ1) is 19.1. The minimum Gasteiger partial charge on any atom is -0.357 e. The monoisotopic (exact) mass is 391 g/mol. The summed E-state index contributed by atoms with van der Waals surface area (Å²) in [5.41, 5.74) is 2.59. The van der Waals surface area contributed by atoms with E-state index in [2.05, 4.69) is 20.2 Å². The molecular weight excluding hydrogens is 366 g/mol. The van der Waals surface area contributed by atoms with E-state index in [-0.39, 0.29) is 17.9 Å². The number of rotatable bonds is 6. The number of fused-ring (bicyclic) bond motifs is 1. The number of aromatic nitrogens is 3. The summed E-state index contributed by atoms with van der Waals surface area (Å²) in [6.07, 6.45) is 5.94. The van der Waals surface area contributed by atoms with Crippen LogP contribution >= 0.6 is 0 Å². The highest BCUT2D eigenvalue weighted by Gasteiger charge is 2.14. The molecule has 0 unspecified atom stereocenters. The van der Waals surface area contributed by atoms with Crippen LogP contribution in [0, 0.1) is 6.92 Å². The van der Waals surface area contributed by atoms with E-state index in [4.69, 9.17) is 0 Å². The van der Waals surface area contributed by atoms with Gasteiger partial charge in [0.15, 0.2) is 0 Å². The van der Waals surface area contributed by atoms with Crippen molar-refractivity contribution in [3.8, 4) is 0 Å². The van der Waals surface area contributed by atoms with Crippen molar-refractivity contribution in [3.63, 3.8) is 0 Å². The second kappa shape index (κ2) is 8.43. The number of anilines is 1. The van der Waals surface area contributed by atoms with Gasteiger partial charge in [-0.1, -0.05) is 12.1 Å². The van der Waals surface area contributed by atoms with Crippen LogP contribution in [0.5, 0.6) is 0 Å². The standard InChI is InChI=1S/C22H25N5O2/c1-16-5-4-6-18-21(16)25-15-27(22(18)29)12-8-20(28)24-14-17-7-9-23-19(13-17)26-10-2-3-11-26/h4-7,9,13,15H,2-3,8,10-12,14H2,1H3,(H,24,28). The van der Waals surface area contributed by atoms with Crippen molar-refractivity contribution in [2.24, 2.45) is 0 Å². The molecule has 1 aromatic carbocycles. The molecule has 1 saturated heterocycles. The molecule has 7 nitrogen and oxygen atoms in total. The lowest BCUT2D eigenvalue weighted by molar-refractivity contribution is -0.121. The zero-order valence-corrected chi connectivity index (χ0v) is 16.6. The molecule has 2 aromatic heterocycles. The highest BCUT2D eigenvalue weighted by atomic mass is 16.1. The lowest BCUT2D eigenvalue weighted by Crippen LogP contribution is -2.27. The fourth-order valence-corrected chi connectivity index (χ4v) is 3.70. The van der Waals surface area contributed by atoms with Crippen LogP contribution in [0.15, 0.2) is 47.7 Å². The van der Waals surface area contributed by atoms with Crippen LogP contribution < -0.4 is 15.8 Å². The van der Waals surface area contributed by atoms with Gasteiger partial charge in [0.05, 0.1) is 17.2 Å². The quantitative estimate of drug-likeness (QED) is 0.698. The number of carbonyl (C=O) groups excluding carboxylic acids is 1. The maximum Gasteiger partial charge on any atom is 0.261 e. The van der Waals surface area contributed by atoms with E-state index in [9.17, 15) is 9.59 Å². The number of amides is 1. The van der Waals surface area contributed by atoms with Gasteiger partial charge in [0.2, 0.25) is 5.91 Å². The Labute approximate surface area is 169 Å². The molecule has 0 bridgehead atoms. The summed E-state index contributed by atoms with van der Waals surface area (Å²) < 4.78 is 1.50. The first-order valence-electron chi connectivity index (χ1n) is 10.0. The predicted molar refractivity (Wildman–Crippen MR) is 113 cm³/mol. The lowest BCUT2D eigenvalue weighted by atomic mass is 10.1. The first-order valence-corrected chi connectivity index (χ1v) is 10.0. The highest BCUT2D eigenvalue weighted by molar-refractivity contribution is 5.80. The molecule has 150 valence electrons. The van der Waals surface area contributed by atoms with Gasteiger partial charge < -0.3 is 10.2 Å². The van der Waals surface area contributed by atoms with Gasteiger partial charge in [-0.25, -0.2) is 9.97 Å². The maximum atomic E-state index is 12.6. The Bertz CT molecular complexity index is 1090. The second-order valence-corrected chi connectivity index (χ2v) is 7.46. The fourth-order valence-electron chi connectivity index (χ4n) is 3.70. The average Bonchev–Trinajstić information content (AvgIpc) is 3.28. The summed E-state index contributed by atoms with van der Waals surface area (Å²) in [7, 11) is 0. The number of benzene rings is 1. The molecule has 0 spiro atoms. The first-order chi connectivity index (χ1) is 14.1. The lowest BCUT2D eigenvalue weighted by Gasteiger charge is -2.17. The Morgan fingerprint density at radius 3 is 2.83 bits per heavy atom. The van der Waals surface area contributed by atoms with Crippen LogP contribution in [0.2, 0.25) is 0 Å². The van der Waals surface area contributed by atoms with Crippen molar-refractivity contribution < 1.29 is 4.79 Å². The summed E-state index contributed by atoms with van der Waals surface area (Å²) in [6.45, 7) is 4.76. The zero-order chi connectivity index (χ0) is 20.2. The molecular formula is C22H25N5O2. The molecule has 29 heavy (non-hydrogen) atoms. The summed E-state index contributed by atoms with van der Waals surface area (Å²) in [5, 5.41) is 3.51. The van der Waals surface area contributed by atoms with Crippen LogP contribution in [0.3, 0.4) is 0 Å². The Kier molecular flexibility index (Phi) is 5.55. The van der Waals surface area contributed by atoms with Gasteiger partial charge in [0, 0.05) is 38.8 Å². The van der Waals surface area contributed by atoms with E-state index in [1.54, 1.807) is 12.3 Å². The van der Waals surface area contributed by atoms with Crippen molar-refractivity contribution in [1.82, 2.24) is 19.9 Å². The van der Waals surface area contributed by atoms with E-state index in [1.807, 2.05) is 31.2 Å². The third-order valence-corrected chi connectivity index (χ3v) is 5.36. The molecule has 1 amide bonds. The number of hydrogen-bond donors (Lipinski definition) is 1. The molecule has 7 heteroatoms. The number of aryl methyl sites for hydroxylation is 2. The molecule has 1 aliphatic rings. The number of nitrogens with one attached hydrogen (secondary N) is 1. The van der Waals surface area contributed by atoms with Gasteiger partial charge in [-0.15, -0.1) is 0 Å². The second-order valence-electron chi connectivity index (χ2n) is 7.46. The van der Waals surface area contributed by atoms with E-state index < -0.39 is 0 Å². The van der Waals surface area contributed by atoms with Crippen molar-refractivity contribution in [1.29, 1.82) is 0 Å². The van der Waals surface area contributed by atoms with Crippen molar-refractivity contribution in [3.05, 3.63) is 64.3 Å².